The summed E-state index contributed by atoms with van der Waals surface area (Å²) >= 11 is 14.0. The van der Waals surface area contributed by atoms with Crippen molar-refractivity contribution >= 4 is 34.5 Å². The highest BCUT2D eigenvalue weighted by Crippen LogP contribution is 2.28. The summed E-state index contributed by atoms with van der Waals surface area (Å²) in [7, 11) is 0. The summed E-state index contributed by atoms with van der Waals surface area (Å²) in [6.45, 7) is 3.18. The highest BCUT2D eigenvalue weighted by atomic mass is 35.5. The average molecular weight is 314 g/mol. The van der Waals surface area contributed by atoms with E-state index < -0.39 is 0 Å². The Balaban J connectivity index is 2.15. The smallest absolute Gasteiger partial charge is 0.0456 e. The molecule has 1 aromatic carbocycles. The van der Waals surface area contributed by atoms with Crippen LogP contribution in [0.1, 0.15) is 29.8 Å². The third kappa shape index (κ3) is 4.22. The maximum absolute atomic E-state index is 6.26. The SMILES string of the molecule is CCCNC(Cc1ccc(Cl)cc1Cl)c1cccs1. The number of hydrogen-bond donors (Lipinski definition) is 1. The third-order valence-corrected chi connectivity index (χ3v) is 4.54. The first-order chi connectivity index (χ1) is 9.20. The van der Waals surface area contributed by atoms with Crippen LogP contribution >= 0.6 is 34.5 Å². The van der Waals surface area contributed by atoms with Gasteiger partial charge in [0.15, 0.2) is 0 Å². The van der Waals surface area contributed by atoms with Crippen LogP contribution in [0, 0.1) is 0 Å². The first kappa shape index (κ1) is 14.9. The van der Waals surface area contributed by atoms with E-state index in [2.05, 4.69) is 29.8 Å². The van der Waals surface area contributed by atoms with Crippen LogP contribution in [-0.4, -0.2) is 6.54 Å². The van der Waals surface area contributed by atoms with Crippen molar-refractivity contribution in [2.45, 2.75) is 25.8 Å². The molecule has 0 saturated heterocycles. The van der Waals surface area contributed by atoms with Crippen LogP contribution in [-0.2, 0) is 6.42 Å². The topological polar surface area (TPSA) is 12.0 Å². The fraction of sp³-hybridized carbons (Fsp3) is 0.333. The Labute approximate surface area is 128 Å². The van der Waals surface area contributed by atoms with E-state index in [0.717, 1.165) is 30.0 Å². The summed E-state index contributed by atoms with van der Waals surface area (Å²) in [4.78, 5) is 1.35. The summed E-state index contributed by atoms with van der Waals surface area (Å²) in [5.74, 6) is 0. The van der Waals surface area contributed by atoms with Crippen LogP contribution in [0.3, 0.4) is 0 Å². The van der Waals surface area contributed by atoms with Gasteiger partial charge in [-0.1, -0.05) is 42.3 Å². The van der Waals surface area contributed by atoms with Gasteiger partial charge in [0.2, 0.25) is 0 Å². The molecule has 0 bridgehead atoms. The van der Waals surface area contributed by atoms with Gasteiger partial charge in [-0.3, -0.25) is 0 Å². The number of nitrogens with one attached hydrogen (secondary N) is 1. The van der Waals surface area contributed by atoms with Crippen molar-refractivity contribution < 1.29 is 0 Å². The zero-order valence-corrected chi connectivity index (χ0v) is 13.2. The number of halogens is 2. The fourth-order valence-corrected chi connectivity index (χ4v) is 3.28. The van der Waals surface area contributed by atoms with E-state index in [9.17, 15) is 0 Å². The Morgan fingerprint density at radius 1 is 1.26 bits per heavy atom. The molecule has 1 aromatic heterocycles. The number of hydrogen-bond acceptors (Lipinski definition) is 2. The number of thiophene rings is 1. The van der Waals surface area contributed by atoms with Crippen molar-refractivity contribution in [3.8, 4) is 0 Å². The molecule has 2 rings (SSSR count). The van der Waals surface area contributed by atoms with E-state index in [1.165, 1.54) is 4.88 Å². The lowest BCUT2D eigenvalue weighted by molar-refractivity contribution is 0.536. The van der Waals surface area contributed by atoms with Crippen molar-refractivity contribution in [1.82, 2.24) is 5.32 Å². The van der Waals surface area contributed by atoms with Crippen LogP contribution < -0.4 is 5.32 Å². The number of benzene rings is 1. The Kier molecular flexibility index (Phi) is 5.71. The lowest BCUT2D eigenvalue weighted by atomic mass is 10.0. The van der Waals surface area contributed by atoms with Gasteiger partial charge in [-0.25, -0.2) is 0 Å². The average Bonchev–Trinajstić information content (AvgIpc) is 2.90. The van der Waals surface area contributed by atoms with E-state index in [4.69, 9.17) is 23.2 Å². The first-order valence-corrected chi connectivity index (χ1v) is 8.05. The van der Waals surface area contributed by atoms with Crippen molar-refractivity contribution in [3.05, 3.63) is 56.2 Å². The highest BCUT2D eigenvalue weighted by molar-refractivity contribution is 7.10. The molecule has 4 heteroatoms. The molecule has 102 valence electrons. The van der Waals surface area contributed by atoms with Crippen LogP contribution in [0.4, 0.5) is 0 Å². The lowest BCUT2D eigenvalue weighted by Gasteiger charge is -2.18. The highest BCUT2D eigenvalue weighted by Gasteiger charge is 2.14. The summed E-state index contributed by atoms with van der Waals surface area (Å²) < 4.78 is 0. The Bertz CT molecular complexity index is 511. The zero-order chi connectivity index (χ0) is 13.7. The van der Waals surface area contributed by atoms with Crippen LogP contribution in [0.2, 0.25) is 10.0 Å². The molecule has 1 nitrogen and oxygen atoms in total. The minimum atomic E-state index is 0.318. The van der Waals surface area contributed by atoms with Crippen molar-refractivity contribution in [2.75, 3.05) is 6.54 Å². The molecule has 1 heterocycles. The summed E-state index contributed by atoms with van der Waals surface area (Å²) in [5.41, 5.74) is 1.13. The Morgan fingerprint density at radius 2 is 2.11 bits per heavy atom. The van der Waals surface area contributed by atoms with Gasteiger partial charge in [-0.15, -0.1) is 11.3 Å². The lowest BCUT2D eigenvalue weighted by Crippen LogP contribution is -2.23. The van der Waals surface area contributed by atoms with Crippen LogP contribution in [0.25, 0.3) is 0 Å². The second kappa shape index (κ2) is 7.30. The van der Waals surface area contributed by atoms with Gasteiger partial charge in [0.1, 0.15) is 0 Å². The van der Waals surface area contributed by atoms with E-state index in [0.29, 0.717) is 11.1 Å². The Morgan fingerprint density at radius 3 is 2.74 bits per heavy atom. The predicted molar refractivity (Wildman–Crippen MR) is 85.5 cm³/mol. The molecule has 0 aliphatic heterocycles. The second-order valence-corrected chi connectivity index (χ2v) is 6.28. The largest absolute Gasteiger partial charge is 0.309 e. The molecule has 1 atom stereocenters. The predicted octanol–water partition coefficient (Wildman–Crippen LogP) is 5.34. The van der Waals surface area contributed by atoms with Crippen molar-refractivity contribution in [3.63, 3.8) is 0 Å². The maximum atomic E-state index is 6.26. The molecule has 0 fully saturated rings. The van der Waals surface area contributed by atoms with Crippen LogP contribution in [0.15, 0.2) is 35.7 Å². The monoisotopic (exact) mass is 313 g/mol. The van der Waals surface area contributed by atoms with Gasteiger partial charge in [0.05, 0.1) is 0 Å². The van der Waals surface area contributed by atoms with Gasteiger partial charge in [-0.2, -0.15) is 0 Å². The first-order valence-electron chi connectivity index (χ1n) is 6.41. The van der Waals surface area contributed by atoms with Gasteiger partial charge in [-0.05, 0) is 48.5 Å². The van der Waals surface area contributed by atoms with Gasteiger partial charge in [0.25, 0.3) is 0 Å². The van der Waals surface area contributed by atoms with Crippen LogP contribution in [0.5, 0.6) is 0 Å². The quantitative estimate of drug-likeness (QED) is 0.759. The molecule has 0 radical (unpaired) electrons. The second-order valence-electron chi connectivity index (χ2n) is 4.46. The minimum absolute atomic E-state index is 0.318. The molecule has 2 aromatic rings. The fourth-order valence-electron chi connectivity index (χ4n) is 1.99. The van der Waals surface area contributed by atoms with Gasteiger partial charge in [0, 0.05) is 21.0 Å². The van der Waals surface area contributed by atoms with E-state index in [1.54, 1.807) is 11.3 Å². The maximum Gasteiger partial charge on any atom is 0.0456 e. The number of rotatable bonds is 6. The van der Waals surface area contributed by atoms with Gasteiger partial charge < -0.3 is 5.32 Å². The molecule has 0 amide bonds. The van der Waals surface area contributed by atoms with E-state index in [-0.39, 0.29) is 0 Å². The molecule has 0 spiro atoms. The minimum Gasteiger partial charge on any atom is -0.309 e. The summed E-state index contributed by atoms with van der Waals surface area (Å²) in [6, 6.07) is 10.3. The van der Waals surface area contributed by atoms with Crippen molar-refractivity contribution in [1.29, 1.82) is 0 Å². The zero-order valence-electron chi connectivity index (χ0n) is 10.8. The normalized spacial score (nSPS) is 12.6. The summed E-state index contributed by atoms with van der Waals surface area (Å²) in [6.07, 6.45) is 2.01. The molecule has 1 unspecified atom stereocenters. The third-order valence-electron chi connectivity index (χ3n) is 2.97. The van der Waals surface area contributed by atoms with Gasteiger partial charge >= 0.3 is 0 Å². The molecular formula is C15H17Cl2NS. The molecule has 0 aliphatic carbocycles. The molecule has 0 aliphatic rings. The van der Waals surface area contributed by atoms with Crippen molar-refractivity contribution in [2.24, 2.45) is 0 Å². The molecule has 0 saturated carbocycles. The molecule has 19 heavy (non-hydrogen) atoms. The molecule has 1 N–H and O–H groups in total. The summed E-state index contributed by atoms with van der Waals surface area (Å²) in [5, 5.41) is 7.12. The Hall–Kier alpha value is -0.540. The molecular weight excluding hydrogens is 297 g/mol. The standard InChI is InChI=1S/C15H17Cl2NS/c1-2-7-18-14(15-4-3-8-19-15)9-11-5-6-12(16)10-13(11)17/h3-6,8,10,14,18H,2,7,9H2,1H3. The van der Waals surface area contributed by atoms with E-state index in [1.807, 2.05) is 18.2 Å². The van der Waals surface area contributed by atoms with E-state index >= 15 is 0 Å².